The van der Waals surface area contributed by atoms with Crippen molar-refractivity contribution in [2.45, 2.75) is 0 Å². The van der Waals surface area contributed by atoms with Gasteiger partial charge in [0.2, 0.25) is 0 Å². The summed E-state index contributed by atoms with van der Waals surface area (Å²) in [5, 5.41) is -0.0559. The van der Waals surface area contributed by atoms with Gasteiger partial charge in [-0.1, -0.05) is 18.2 Å². The largest absolute Gasteiger partial charge is 0.326 e. The van der Waals surface area contributed by atoms with Crippen LogP contribution in [0.25, 0.3) is 6.08 Å². The Hall–Kier alpha value is -1.29. The molecule has 0 saturated carbocycles. The summed E-state index contributed by atoms with van der Waals surface area (Å²) >= 11 is 5.48. The molecule has 1 aromatic heterocycles. The van der Waals surface area contributed by atoms with Gasteiger partial charge in [-0.2, -0.15) is 0 Å². The molecule has 4 nitrogen and oxygen atoms in total. The average Bonchev–Trinajstić information content (AvgIpc) is 1.96. The number of aromatic amines is 2. The Balaban J connectivity index is 3.61. The Morgan fingerprint density at radius 1 is 1.36 bits per heavy atom. The summed E-state index contributed by atoms with van der Waals surface area (Å²) in [6, 6.07) is 0. The van der Waals surface area contributed by atoms with Crippen molar-refractivity contribution in [3.8, 4) is 0 Å². The Morgan fingerprint density at radius 3 is 2.55 bits per heavy atom. The third kappa shape index (κ3) is 1.40. The first-order valence-corrected chi connectivity index (χ1v) is 3.17. The molecule has 1 heterocycles. The maximum absolute atomic E-state index is 10.8. The number of rotatable bonds is 1. The minimum absolute atomic E-state index is 0.0559. The zero-order valence-corrected chi connectivity index (χ0v) is 6.23. The summed E-state index contributed by atoms with van der Waals surface area (Å²) in [6.07, 6.45) is 1.30. The topological polar surface area (TPSA) is 65.7 Å². The molecule has 5 heteroatoms. The standard InChI is InChI=1S/C6H5ClN2O2/c1-2-3-4(7)5(10)9-6(11)8-3/h2H,1H2,(H2,8,9,10,11). The Kier molecular flexibility index (Phi) is 1.96. The SMILES string of the molecule is C=Cc1[nH]c(=O)[nH]c(=O)c1Cl. The first-order valence-electron chi connectivity index (χ1n) is 2.79. The van der Waals surface area contributed by atoms with E-state index in [9.17, 15) is 9.59 Å². The Labute approximate surface area is 66.5 Å². The molecule has 0 aliphatic rings. The number of halogens is 1. The van der Waals surface area contributed by atoms with Gasteiger partial charge in [-0.25, -0.2) is 4.79 Å². The molecule has 0 aromatic carbocycles. The minimum atomic E-state index is -0.606. The van der Waals surface area contributed by atoms with Crippen molar-refractivity contribution < 1.29 is 0 Å². The van der Waals surface area contributed by atoms with Crippen LogP contribution in [-0.2, 0) is 0 Å². The molecule has 1 aromatic rings. The van der Waals surface area contributed by atoms with E-state index in [-0.39, 0.29) is 10.7 Å². The van der Waals surface area contributed by atoms with Crippen LogP contribution in [0.1, 0.15) is 5.69 Å². The number of aromatic nitrogens is 2. The highest BCUT2D eigenvalue weighted by molar-refractivity contribution is 6.31. The van der Waals surface area contributed by atoms with Gasteiger partial charge in [-0.05, 0) is 6.08 Å². The van der Waals surface area contributed by atoms with Crippen LogP contribution >= 0.6 is 11.6 Å². The van der Waals surface area contributed by atoms with Crippen LogP contribution < -0.4 is 11.2 Å². The van der Waals surface area contributed by atoms with Gasteiger partial charge in [0.25, 0.3) is 5.56 Å². The summed E-state index contributed by atoms with van der Waals surface area (Å²) in [6.45, 7) is 3.37. The fraction of sp³-hybridized carbons (Fsp3) is 0. The third-order valence-corrected chi connectivity index (χ3v) is 1.49. The van der Waals surface area contributed by atoms with Gasteiger partial charge in [0.1, 0.15) is 5.02 Å². The minimum Gasteiger partial charge on any atom is -0.306 e. The summed E-state index contributed by atoms with van der Waals surface area (Å²) in [5.74, 6) is 0. The van der Waals surface area contributed by atoms with Crippen molar-refractivity contribution in [3.63, 3.8) is 0 Å². The van der Waals surface area contributed by atoms with Crippen molar-refractivity contribution in [1.82, 2.24) is 9.97 Å². The molecule has 1 rings (SSSR count). The molecule has 0 atom stereocenters. The first-order chi connectivity index (χ1) is 5.15. The van der Waals surface area contributed by atoms with Crippen LogP contribution in [0.4, 0.5) is 0 Å². The predicted octanol–water partition coefficient (Wildman–Crippen LogP) is 0.360. The second-order valence-electron chi connectivity index (χ2n) is 1.84. The fourth-order valence-electron chi connectivity index (χ4n) is 0.629. The van der Waals surface area contributed by atoms with Gasteiger partial charge in [0.05, 0.1) is 5.69 Å². The molecule has 0 radical (unpaired) electrons. The molecule has 0 amide bonds. The molecule has 0 fully saturated rings. The van der Waals surface area contributed by atoms with E-state index in [1.807, 2.05) is 4.98 Å². The van der Waals surface area contributed by atoms with Gasteiger partial charge in [-0.3, -0.25) is 9.78 Å². The monoisotopic (exact) mass is 172 g/mol. The molecule has 2 N–H and O–H groups in total. The molecule has 11 heavy (non-hydrogen) atoms. The van der Waals surface area contributed by atoms with E-state index in [1.165, 1.54) is 6.08 Å². The second kappa shape index (κ2) is 2.75. The van der Waals surface area contributed by atoms with Gasteiger partial charge >= 0.3 is 5.69 Å². The van der Waals surface area contributed by atoms with E-state index < -0.39 is 11.2 Å². The van der Waals surface area contributed by atoms with E-state index in [4.69, 9.17) is 11.6 Å². The predicted molar refractivity (Wildman–Crippen MR) is 42.8 cm³/mol. The zero-order chi connectivity index (χ0) is 8.43. The molecular weight excluding hydrogens is 168 g/mol. The van der Waals surface area contributed by atoms with E-state index in [2.05, 4.69) is 11.6 Å². The van der Waals surface area contributed by atoms with Crippen LogP contribution in [0.15, 0.2) is 16.2 Å². The highest BCUT2D eigenvalue weighted by Crippen LogP contribution is 2.04. The number of hydrogen-bond acceptors (Lipinski definition) is 2. The summed E-state index contributed by atoms with van der Waals surface area (Å²) in [5.41, 5.74) is -0.958. The molecule has 0 aliphatic carbocycles. The number of nitrogens with one attached hydrogen (secondary N) is 2. The van der Waals surface area contributed by atoms with Gasteiger partial charge in [-0.15, -0.1) is 0 Å². The summed E-state index contributed by atoms with van der Waals surface area (Å²) < 4.78 is 0. The van der Waals surface area contributed by atoms with Crippen LogP contribution in [0.5, 0.6) is 0 Å². The maximum Gasteiger partial charge on any atom is 0.326 e. The third-order valence-electron chi connectivity index (χ3n) is 1.12. The number of H-pyrrole nitrogens is 2. The second-order valence-corrected chi connectivity index (χ2v) is 2.22. The van der Waals surface area contributed by atoms with Crippen LogP contribution in [0.3, 0.4) is 0 Å². The van der Waals surface area contributed by atoms with E-state index in [0.29, 0.717) is 0 Å². The smallest absolute Gasteiger partial charge is 0.306 e. The fourth-order valence-corrected chi connectivity index (χ4v) is 0.801. The quantitative estimate of drug-likeness (QED) is 0.643. The molecule has 0 unspecified atom stereocenters. The average molecular weight is 173 g/mol. The molecule has 0 spiro atoms. The van der Waals surface area contributed by atoms with E-state index in [1.54, 1.807) is 0 Å². The van der Waals surface area contributed by atoms with E-state index >= 15 is 0 Å². The molecule has 0 bridgehead atoms. The van der Waals surface area contributed by atoms with Crippen molar-refractivity contribution in [3.05, 3.63) is 38.1 Å². The van der Waals surface area contributed by atoms with Crippen molar-refractivity contribution in [1.29, 1.82) is 0 Å². The van der Waals surface area contributed by atoms with E-state index in [0.717, 1.165) is 0 Å². The summed E-state index contributed by atoms with van der Waals surface area (Å²) in [4.78, 5) is 25.6. The normalized spacial score (nSPS) is 9.55. The molecule has 0 aliphatic heterocycles. The number of hydrogen-bond donors (Lipinski definition) is 2. The lowest BCUT2D eigenvalue weighted by Crippen LogP contribution is -2.23. The highest BCUT2D eigenvalue weighted by Gasteiger charge is 2.01. The van der Waals surface area contributed by atoms with Crippen molar-refractivity contribution >= 4 is 17.7 Å². The lowest BCUT2D eigenvalue weighted by atomic mass is 10.4. The van der Waals surface area contributed by atoms with Gasteiger partial charge in [0, 0.05) is 0 Å². The Bertz CT molecular complexity index is 390. The van der Waals surface area contributed by atoms with Crippen molar-refractivity contribution in [2.24, 2.45) is 0 Å². The first kappa shape index (κ1) is 7.81. The summed E-state index contributed by atoms with van der Waals surface area (Å²) in [7, 11) is 0. The molecule has 0 saturated heterocycles. The Morgan fingerprint density at radius 2 is 2.00 bits per heavy atom. The molecular formula is C6H5ClN2O2. The van der Waals surface area contributed by atoms with Crippen LogP contribution in [0.2, 0.25) is 5.02 Å². The maximum atomic E-state index is 10.8. The zero-order valence-electron chi connectivity index (χ0n) is 5.48. The molecule has 58 valence electrons. The van der Waals surface area contributed by atoms with Crippen LogP contribution in [0, 0.1) is 0 Å². The van der Waals surface area contributed by atoms with Gasteiger partial charge in [0.15, 0.2) is 0 Å². The highest BCUT2D eigenvalue weighted by atomic mass is 35.5. The van der Waals surface area contributed by atoms with Crippen molar-refractivity contribution in [2.75, 3.05) is 0 Å². The lowest BCUT2D eigenvalue weighted by Gasteiger charge is -1.93. The van der Waals surface area contributed by atoms with Crippen LogP contribution in [-0.4, -0.2) is 9.97 Å². The lowest BCUT2D eigenvalue weighted by molar-refractivity contribution is 1.03. The van der Waals surface area contributed by atoms with Gasteiger partial charge < -0.3 is 4.98 Å².